The van der Waals surface area contributed by atoms with E-state index in [1.54, 1.807) is 36.2 Å². The smallest absolute Gasteiger partial charge is 0.339 e. The van der Waals surface area contributed by atoms with Gasteiger partial charge < -0.3 is 9.47 Å². The Labute approximate surface area is 148 Å². The highest BCUT2D eigenvalue weighted by atomic mass is 79.9. The summed E-state index contributed by atoms with van der Waals surface area (Å²) >= 11 is 3.35. The molecular weight excluding hydrogens is 372 g/mol. The zero-order valence-corrected chi connectivity index (χ0v) is 14.6. The lowest BCUT2D eigenvalue weighted by Crippen LogP contribution is -2.06. The van der Waals surface area contributed by atoms with Crippen molar-refractivity contribution in [2.24, 2.45) is 0 Å². The summed E-state index contributed by atoms with van der Waals surface area (Å²) in [7, 11) is 1.56. The summed E-state index contributed by atoms with van der Waals surface area (Å²) in [6.07, 6.45) is 3.59. The second-order valence-electron chi connectivity index (χ2n) is 5.04. The van der Waals surface area contributed by atoms with Gasteiger partial charge in [0.25, 0.3) is 0 Å². The maximum absolute atomic E-state index is 12.2. The van der Waals surface area contributed by atoms with E-state index in [-0.39, 0.29) is 6.61 Å². The Kier molecular flexibility index (Phi) is 4.96. The fourth-order valence-corrected chi connectivity index (χ4v) is 2.59. The number of rotatable bonds is 5. The summed E-state index contributed by atoms with van der Waals surface area (Å²) in [6, 6.07) is 14.7. The molecule has 122 valence electrons. The van der Waals surface area contributed by atoms with Gasteiger partial charge >= 0.3 is 5.97 Å². The molecule has 0 N–H and O–H groups in total. The SMILES string of the molecule is COc1ccc(Br)c(C(=O)OCc2ccc(-n3cccn3)cc2)c1. The molecule has 0 saturated carbocycles. The highest BCUT2D eigenvalue weighted by Crippen LogP contribution is 2.23. The van der Waals surface area contributed by atoms with Gasteiger partial charge in [0.15, 0.2) is 0 Å². The fourth-order valence-electron chi connectivity index (χ4n) is 2.18. The fraction of sp³-hybridized carbons (Fsp3) is 0.111. The van der Waals surface area contributed by atoms with Crippen LogP contribution in [-0.2, 0) is 11.3 Å². The lowest BCUT2D eigenvalue weighted by atomic mass is 10.2. The number of hydrogen-bond donors (Lipinski definition) is 0. The molecule has 1 heterocycles. The van der Waals surface area contributed by atoms with Gasteiger partial charge in [0.05, 0.1) is 18.4 Å². The lowest BCUT2D eigenvalue weighted by Gasteiger charge is -2.09. The Bertz CT molecular complexity index is 830. The molecular formula is C18H15BrN2O3. The van der Waals surface area contributed by atoms with Gasteiger partial charge in [0, 0.05) is 16.9 Å². The molecule has 0 aliphatic heterocycles. The molecule has 1 aromatic heterocycles. The molecule has 0 amide bonds. The van der Waals surface area contributed by atoms with Gasteiger partial charge in [-0.3, -0.25) is 0 Å². The third kappa shape index (κ3) is 3.65. The molecule has 0 unspecified atom stereocenters. The van der Waals surface area contributed by atoms with E-state index < -0.39 is 5.97 Å². The predicted molar refractivity (Wildman–Crippen MR) is 93.4 cm³/mol. The molecule has 0 aliphatic carbocycles. The molecule has 0 aliphatic rings. The van der Waals surface area contributed by atoms with E-state index in [2.05, 4.69) is 21.0 Å². The third-order valence-corrected chi connectivity index (χ3v) is 4.16. The Balaban J connectivity index is 1.66. The van der Waals surface area contributed by atoms with Crippen LogP contribution in [0.15, 0.2) is 65.4 Å². The standard InChI is InChI=1S/C18H15BrN2O3/c1-23-15-7-8-17(19)16(11-15)18(22)24-12-13-3-5-14(6-4-13)21-10-2-9-20-21/h2-11H,12H2,1H3. The average Bonchev–Trinajstić information content (AvgIpc) is 3.15. The first kappa shape index (κ1) is 16.3. The normalized spacial score (nSPS) is 10.4. The van der Waals surface area contributed by atoms with E-state index in [9.17, 15) is 4.79 Å². The van der Waals surface area contributed by atoms with Crippen LogP contribution in [0.3, 0.4) is 0 Å². The quantitative estimate of drug-likeness (QED) is 0.621. The van der Waals surface area contributed by atoms with Gasteiger partial charge in [0.2, 0.25) is 0 Å². The number of methoxy groups -OCH3 is 1. The van der Waals surface area contributed by atoms with Crippen LogP contribution in [0, 0.1) is 0 Å². The maximum atomic E-state index is 12.2. The van der Waals surface area contributed by atoms with Crippen molar-refractivity contribution in [1.29, 1.82) is 0 Å². The number of aromatic nitrogens is 2. The Morgan fingerprint density at radius 1 is 1.21 bits per heavy atom. The number of carbonyl (C=O) groups excluding carboxylic acids is 1. The van der Waals surface area contributed by atoms with Crippen LogP contribution in [0.25, 0.3) is 5.69 Å². The molecule has 0 atom stereocenters. The van der Waals surface area contributed by atoms with E-state index in [4.69, 9.17) is 9.47 Å². The number of esters is 1. The van der Waals surface area contributed by atoms with Crippen LogP contribution in [0.4, 0.5) is 0 Å². The molecule has 0 radical (unpaired) electrons. The minimum absolute atomic E-state index is 0.196. The van der Waals surface area contributed by atoms with E-state index in [1.165, 1.54) is 0 Å². The number of halogens is 1. The summed E-state index contributed by atoms with van der Waals surface area (Å²) in [5.41, 5.74) is 2.28. The van der Waals surface area contributed by atoms with Crippen molar-refractivity contribution in [2.75, 3.05) is 7.11 Å². The molecule has 3 aromatic rings. The minimum Gasteiger partial charge on any atom is -0.497 e. The van der Waals surface area contributed by atoms with Gasteiger partial charge in [-0.2, -0.15) is 5.10 Å². The van der Waals surface area contributed by atoms with Crippen LogP contribution < -0.4 is 4.74 Å². The van der Waals surface area contributed by atoms with Crippen LogP contribution in [0.1, 0.15) is 15.9 Å². The van der Waals surface area contributed by atoms with E-state index in [1.807, 2.05) is 36.5 Å². The van der Waals surface area contributed by atoms with Gasteiger partial charge in [-0.15, -0.1) is 0 Å². The monoisotopic (exact) mass is 386 g/mol. The lowest BCUT2D eigenvalue weighted by molar-refractivity contribution is 0.0471. The zero-order chi connectivity index (χ0) is 16.9. The molecule has 0 spiro atoms. The minimum atomic E-state index is -0.406. The van der Waals surface area contributed by atoms with Crippen molar-refractivity contribution in [3.8, 4) is 11.4 Å². The summed E-state index contributed by atoms with van der Waals surface area (Å²) < 4.78 is 12.9. The van der Waals surface area contributed by atoms with Crippen LogP contribution >= 0.6 is 15.9 Å². The maximum Gasteiger partial charge on any atom is 0.339 e. The average molecular weight is 387 g/mol. The predicted octanol–water partition coefficient (Wildman–Crippen LogP) is 4.00. The van der Waals surface area contributed by atoms with Gasteiger partial charge in [-0.1, -0.05) is 12.1 Å². The second-order valence-corrected chi connectivity index (χ2v) is 5.89. The first-order valence-electron chi connectivity index (χ1n) is 7.27. The number of hydrogen-bond acceptors (Lipinski definition) is 4. The Hall–Kier alpha value is -2.60. The molecule has 3 rings (SSSR count). The summed E-state index contributed by atoms with van der Waals surface area (Å²) in [5.74, 6) is 0.200. The van der Waals surface area contributed by atoms with Crippen molar-refractivity contribution in [2.45, 2.75) is 6.61 Å². The van der Waals surface area contributed by atoms with Crippen LogP contribution in [-0.4, -0.2) is 22.9 Å². The zero-order valence-electron chi connectivity index (χ0n) is 13.0. The summed E-state index contributed by atoms with van der Waals surface area (Å²) in [6.45, 7) is 0.196. The van der Waals surface area contributed by atoms with Crippen molar-refractivity contribution in [3.05, 3.63) is 76.5 Å². The number of carbonyl (C=O) groups is 1. The second kappa shape index (κ2) is 7.31. The molecule has 2 aromatic carbocycles. The third-order valence-electron chi connectivity index (χ3n) is 3.47. The highest BCUT2D eigenvalue weighted by molar-refractivity contribution is 9.10. The van der Waals surface area contributed by atoms with Crippen molar-refractivity contribution >= 4 is 21.9 Å². The van der Waals surface area contributed by atoms with E-state index in [0.717, 1.165) is 11.3 Å². The molecule has 24 heavy (non-hydrogen) atoms. The van der Waals surface area contributed by atoms with Crippen molar-refractivity contribution in [3.63, 3.8) is 0 Å². The van der Waals surface area contributed by atoms with Crippen LogP contribution in [0.2, 0.25) is 0 Å². The first-order chi connectivity index (χ1) is 11.7. The summed E-state index contributed by atoms with van der Waals surface area (Å²) in [5, 5.41) is 4.17. The molecule has 5 nitrogen and oxygen atoms in total. The van der Waals surface area contributed by atoms with Gasteiger partial charge in [-0.05, 0) is 57.9 Å². The van der Waals surface area contributed by atoms with Crippen LogP contribution in [0.5, 0.6) is 5.75 Å². The molecule has 6 heteroatoms. The molecule has 0 bridgehead atoms. The highest BCUT2D eigenvalue weighted by Gasteiger charge is 2.13. The largest absolute Gasteiger partial charge is 0.497 e. The number of benzene rings is 2. The van der Waals surface area contributed by atoms with Gasteiger partial charge in [0.1, 0.15) is 12.4 Å². The number of ether oxygens (including phenoxy) is 2. The molecule has 0 saturated heterocycles. The topological polar surface area (TPSA) is 53.4 Å². The Morgan fingerprint density at radius 3 is 2.67 bits per heavy atom. The number of nitrogens with zero attached hydrogens (tertiary/aromatic N) is 2. The van der Waals surface area contributed by atoms with Crippen molar-refractivity contribution in [1.82, 2.24) is 9.78 Å². The van der Waals surface area contributed by atoms with Gasteiger partial charge in [-0.25, -0.2) is 9.48 Å². The molecule has 0 fully saturated rings. The van der Waals surface area contributed by atoms with Crippen molar-refractivity contribution < 1.29 is 14.3 Å². The van der Waals surface area contributed by atoms with E-state index >= 15 is 0 Å². The first-order valence-corrected chi connectivity index (χ1v) is 8.06. The Morgan fingerprint density at radius 2 is 2.00 bits per heavy atom. The van der Waals surface area contributed by atoms with E-state index in [0.29, 0.717) is 15.8 Å². The summed E-state index contributed by atoms with van der Waals surface area (Å²) in [4.78, 5) is 12.2.